The summed E-state index contributed by atoms with van der Waals surface area (Å²) < 4.78 is 45.6. The molecule has 2 fully saturated rings. The molecule has 1 saturated carbocycles. The zero-order chi connectivity index (χ0) is 28.4. The maximum Gasteiger partial charge on any atom is 0.452 e. The molecule has 1 aromatic carbocycles. The number of benzene rings is 1. The lowest BCUT2D eigenvalue weighted by Gasteiger charge is -2.36. The highest BCUT2D eigenvalue weighted by atomic mass is 19.4. The summed E-state index contributed by atoms with van der Waals surface area (Å²) in [6.07, 6.45) is -0.628. The molecule has 2 amide bonds. The highest BCUT2D eigenvalue weighted by Gasteiger charge is 2.42. The molecule has 2 N–H and O–H groups in total. The molecule has 0 spiro atoms. The van der Waals surface area contributed by atoms with Crippen molar-refractivity contribution in [3.63, 3.8) is 0 Å². The Balaban J connectivity index is 1.22. The van der Waals surface area contributed by atoms with Crippen molar-refractivity contribution in [3.05, 3.63) is 54.2 Å². The number of aliphatic carboxylic acids is 1. The summed E-state index contributed by atoms with van der Waals surface area (Å²) >= 11 is 0. The van der Waals surface area contributed by atoms with E-state index in [1.807, 2.05) is 4.90 Å². The van der Waals surface area contributed by atoms with Crippen molar-refractivity contribution in [2.75, 3.05) is 36.4 Å². The zero-order valence-corrected chi connectivity index (χ0v) is 21.1. The molecule has 2 aromatic heterocycles. The molecule has 0 bridgehead atoms. The molecular weight excluding hydrogens is 533 g/mol. The third kappa shape index (κ3) is 5.60. The Hall–Kier alpha value is -4.49. The normalized spacial score (nSPS) is 19.5. The Kier molecular flexibility index (Phi) is 7.41. The average molecular weight is 559 g/mol. The minimum atomic E-state index is -4.94. The van der Waals surface area contributed by atoms with Gasteiger partial charge in [0.25, 0.3) is 5.91 Å². The molecular formula is C26H25F3N6O5. The summed E-state index contributed by atoms with van der Waals surface area (Å²) in [6.45, 7) is 1.58. The molecule has 14 heteroatoms. The standard InChI is InChI=1S/C26H25F3N6O5/c27-26(28,29)20-19(33-22(40-20)15-5-2-1-3-6-15)21(36)32-16-13-30-25(31-14-16)35-11-9-34(10-12-35)23(37)17-7-4-8-18(17)24(38)39/h1-3,5-6,13-14,17-18H,4,7-12H2,(H,32,36)(H,38,39)/t17-,18-/m0/s1. The maximum atomic E-state index is 13.6. The number of carbonyl (C=O) groups excluding carboxylic acids is 2. The van der Waals surface area contributed by atoms with Gasteiger partial charge in [0.1, 0.15) is 0 Å². The van der Waals surface area contributed by atoms with Crippen LogP contribution in [0.4, 0.5) is 24.8 Å². The Morgan fingerprint density at radius 2 is 1.62 bits per heavy atom. The fraction of sp³-hybridized carbons (Fsp3) is 0.385. The number of anilines is 2. The number of halogens is 3. The van der Waals surface area contributed by atoms with Crippen LogP contribution in [0.5, 0.6) is 0 Å². The van der Waals surface area contributed by atoms with Crippen molar-refractivity contribution in [2.24, 2.45) is 11.8 Å². The van der Waals surface area contributed by atoms with Gasteiger partial charge in [0, 0.05) is 31.7 Å². The molecule has 11 nitrogen and oxygen atoms in total. The summed E-state index contributed by atoms with van der Waals surface area (Å²) in [6, 6.07) is 7.91. The van der Waals surface area contributed by atoms with E-state index in [0.29, 0.717) is 51.4 Å². The predicted molar refractivity (Wildman–Crippen MR) is 134 cm³/mol. The Morgan fingerprint density at radius 3 is 2.25 bits per heavy atom. The third-order valence-corrected chi connectivity index (χ3v) is 7.04. The van der Waals surface area contributed by atoms with Crippen molar-refractivity contribution in [2.45, 2.75) is 25.4 Å². The molecule has 1 saturated heterocycles. The van der Waals surface area contributed by atoms with Crippen LogP contribution in [0.15, 0.2) is 47.1 Å². The summed E-state index contributed by atoms with van der Waals surface area (Å²) in [5.41, 5.74) is -0.573. The number of hydrogen-bond donors (Lipinski definition) is 2. The third-order valence-electron chi connectivity index (χ3n) is 7.04. The molecule has 210 valence electrons. The molecule has 0 radical (unpaired) electrons. The minimum absolute atomic E-state index is 0.0564. The van der Waals surface area contributed by atoms with Crippen LogP contribution in [0.25, 0.3) is 11.5 Å². The van der Waals surface area contributed by atoms with Crippen LogP contribution in [-0.4, -0.2) is 68.9 Å². The highest BCUT2D eigenvalue weighted by molar-refractivity contribution is 6.03. The Bertz CT molecular complexity index is 1390. The molecule has 1 aliphatic carbocycles. The predicted octanol–water partition coefficient (Wildman–Crippen LogP) is 3.55. The monoisotopic (exact) mass is 558 g/mol. The largest absolute Gasteiger partial charge is 0.481 e. The average Bonchev–Trinajstić information content (AvgIpc) is 3.62. The van der Waals surface area contributed by atoms with Gasteiger partial charge in [0.15, 0.2) is 5.69 Å². The number of piperazine rings is 1. The second-order valence-electron chi connectivity index (χ2n) is 9.58. The Morgan fingerprint density at radius 1 is 0.975 bits per heavy atom. The second-order valence-corrected chi connectivity index (χ2v) is 9.58. The summed E-state index contributed by atoms with van der Waals surface area (Å²) in [5.74, 6) is -4.91. The quantitative estimate of drug-likeness (QED) is 0.465. The van der Waals surface area contributed by atoms with Crippen molar-refractivity contribution in [3.8, 4) is 11.5 Å². The van der Waals surface area contributed by atoms with E-state index < -0.39 is 41.3 Å². The molecule has 40 heavy (non-hydrogen) atoms. The fourth-order valence-corrected chi connectivity index (χ4v) is 5.02. The summed E-state index contributed by atoms with van der Waals surface area (Å²) in [4.78, 5) is 52.7. The van der Waals surface area contributed by atoms with Crippen molar-refractivity contribution in [1.82, 2.24) is 19.9 Å². The number of carbonyl (C=O) groups is 3. The first-order chi connectivity index (χ1) is 19.1. The van der Waals surface area contributed by atoms with Gasteiger partial charge in [0.05, 0.1) is 29.9 Å². The number of hydrogen-bond acceptors (Lipinski definition) is 8. The molecule has 1 aliphatic heterocycles. The number of aromatic nitrogens is 3. The zero-order valence-electron chi connectivity index (χ0n) is 21.1. The number of amides is 2. The number of nitrogens with zero attached hydrogens (tertiary/aromatic N) is 5. The van der Waals surface area contributed by atoms with Gasteiger partial charge >= 0.3 is 12.1 Å². The van der Waals surface area contributed by atoms with E-state index in [4.69, 9.17) is 4.42 Å². The molecule has 3 aromatic rings. The summed E-state index contributed by atoms with van der Waals surface area (Å²) in [7, 11) is 0. The van der Waals surface area contributed by atoms with Gasteiger partial charge in [0.2, 0.25) is 23.5 Å². The SMILES string of the molecule is O=C(Nc1cnc(N2CCN(C(=O)[C@H]3CCC[C@@H]3C(=O)O)CC2)nc1)c1nc(-c2ccccc2)oc1C(F)(F)F. The van der Waals surface area contributed by atoms with Crippen molar-refractivity contribution < 1.29 is 37.1 Å². The molecule has 5 rings (SSSR count). The van der Waals surface area contributed by atoms with E-state index in [9.17, 15) is 32.7 Å². The van der Waals surface area contributed by atoms with E-state index >= 15 is 0 Å². The number of carboxylic acids is 1. The number of nitrogens with one attached hydrogen (secondary N) is 1. The van der Waals surface area contributed by atoms with E-state index in [1.54, 1.807) is 23.1 Å². The van der Waals surface area contributed by atoms with Crippen LogP contribution >= 0.6 is 0 Å². The van der Waals surface area contributed by atoms with Gasteiger partial charge in [-0.3, -0.25) is 14.4 Å². The van der Waals surface area contributed by atoms with Crippen LogP contribution in [0.1, 0.15) is 35.5 Å². The van der Waals surface area contributed by atoms with Crippen LogP contribution in [0, 0.1) is 11.8 Å². The number of rotatable bonds is 6. The second kappa shape index (κ2) is 10.9. The van der Waals surface area contributed by atoms with Gasteiger partial charge in [-0.25, -0.2) is 15.0 Å². The topological polar surface area (TPSA) is 142 Å². The smallest absolute Gasteiger partial charge is 0.452 e. The van der Waals surface area contributed by atoms with Crippen molar-refractivity contribution in [1.29, 1.82) is 0 Å². The van der Waals surface area contributed by atoms with Crippen LogP contribution < -0.4 is 10.2 Å². The lowest BCUT2D eigenvalue weighted by molar-refractivity contribution is -0.153. The summed E-state index contributed by atoms with van der Waals surface area (Å²) in [5, 5.41) is 11.7. The Labute approximate surface area is 226 Å². The number of alkyl halides is 3. The highest BCUT2D eigenvalue weighted by Crippen LogP contribution is 2.36. The van der Waals surface area contributed by atoms with Gasteiger partial charge < -0.3 is 24.6 Å². The fourth-order valence-electron chi connectivity index (χ4n) is 5.02. The maximum absolute atomic E-state index is 13.6. The van der Waals surface area contributed by atoms with Gasteiger partial charge in [-0.15, -0.1) is 0 Å². The minimum Gasteiger partial charge on any atom is -0.481 e. The van der Waals surface area contributed by atoms with Crippen LogP contribution in [0.3, 0.4) is 0 Å². The van der Waals surface area contributed by atoms with Gasteiger partial charge in [-0.05, 0) is 25.0 Å². The van der Waals surface area contributed by atoms with E-state index in [0.717, 1.165) is 0 Å². The van der Waals surface area contributed by atoms with Gasteiger partial charge in [-0.1, -0.05) is 24.6 Å². The molecule has 2 aliphatic rings. The number of oxazole rings is 1. The molecule has 2 atom stereocenters. The van der Waals surface area contributed by atoms with E-state index in [2.05, 4.69) is 20.3 Å². The molecule has 3 heterocycles. The van der Waals surface area contributed by atoms with Crippen LogP contribution in [0.2, 0.25) is 0 Å². The molecule has 0 unspecified atom stereocenters. The first-order valence-corrected chi connectivity index (χ1v) is 12.6. The van der Waals surface area contributed by atoms with Crippen molar-refractivity contribution >= 4 is 29.4 Å². The first kappa shape index (κ1) is 27.1. The van der Waals surface area contributed by atoms with E-state index in [-0.39, 0.29) is 23.0 Å². The lowest BCUT2D eigenvalue weighted by atomic mass is 9.94. The van der Waals surface area contributed by atoms with E-state index in [1.165, 1.54) is 24.5 Å². The first-order valence-electron chi connectivity index (χ1n) is 12.6. The van der Waals surface area contributed by atoms with Crippen LogP contribution in [-0.2, 0) is 15.8 Å². The van der Waals surface area contributed by atoms with Gasteiger partial charge in [-0.2, -0.15) is 13.2 Å². The lowest BCUT2D eigenvalue weighted by Crippen LogP contribution is -2.51. The number of carboxylic acid groups (broad SMARTS) is 1.